The predicted molar refractivity (Wildman–Crippen MR) is 94.9 cm³/mol. The molecule has 24 heavy (non-hydrogen) atoms. The summed E-state index contributed by atoms with van der Waals surface area (Å²) in [4.78, 5) is 12.4. The normalized spacial score (nSPS) is 16.2. The molecule has 1 fully saturated rings. The van der Waals surface area contributed by atoms with Crippen molar-refractivity contribution in [3.05, 3.63) is 65.7 Å². The summed E-state index contributed by atoms with van der Waals surface area (Å²) in [7, 11) is 0. The molecule has 1 aliphatic carbocycles. The topological polar surface area (TPSA) is 64.3 Å². The van der Waals surface area contributed by atoms with Crippen molar-refractivity contribution in [2.45, 2.75) is 31.9 Å². The van der Waals surface area contributed by atoms with Gasteiger partial charge >= 0.3 is 0 Å². The van der Waals surface area contributed by atoms with Gasteiger partial charge in [0.15, 0.2) is 0 Å². The van der Waals surface area contributed by atoms with E-state index in [-0.39, 0.29) is 11.4 Å². The quantitative estimate of drug-likeness (QED) is 0.822. The van der Waals surface area contributed by atoms with Crippen LogP contribution in [0.4, 0.5) is 0 Å². The van der Waals surface area contributed by atoms with Gasteiger partial charge in [0.1, 0.15) is 12.4 Å². The fourth-order valence-corrected chi connectivity index (χ4v) is 2.81. The van der Waals surface area contributed by atoms with Gasteiger partial charge in [0.2, 0.25) is 0 Å². The molecule has 0 aliphatic heterocycles. The van der Waals surface area contributed by atoms with Crippen LogP contribution in [-0.4, -0.2) is 18.0 Å². The molecule has 1 saturated carbocycles. The maximum atomic E-state index is 12.4. The average Bonchev–Trinajstić information content (AvgIpc) is 3.47. The lowest BCUT2D eigenvalue weighted by Gasteiger charge is -2.29. The van der Waals surface area contributed by atoms with Crippen molar-refractivity contribution < 1.29 is 9.53 Å². The number of para-hydroxylation sites is 1. The number of ether oxygens (including phenoxy) is 1. The van der Waals surface area contributed by atoms with Crippen molar-refractivity contribution in [1.29, 1.82) is 0 Å². The van der Waals surface area contributed by atoms with Crippen molar-refractivity contribution in [2.75, 3.05) is 6.54 Å². The molecule has 1 atom stereocenters. The van der Waals surface area contributed by atoms with Crippen molar-refractivity contribution in [3.63, 3.8) is 0 Å². The van der Waals surface area contributed by atoms with Gasteiger partial charge in [-0.05, 0) is 55.5 Å². The minimum absolute atomic E-state index is 0.0645. The number of amides is 1. The number of benzene rings is 2. The lowest BCUT2D eigenvalue weighted by Crippen LogP contribution is -2.53. The lowest BCUT2D eigenvalue weighted by atomic mass is 9.95. The molecule has 0 spiro atoms. The van der Waals surface area contributed by atoms with Crippen LogP contribution < -0.4 is 15.8 Å². The van der Waals surface area contributed by atoms with E-state index in [4.69, 9.17) is 10.5 Å². The van der Waals surface area contributed by atoms with E-state index in [0.717, 1.165) is 24.2 Å². The van der Waals surface area contributed by atoms with Crippen LogP contribution in [0.3, 0.4) is 0 Å². The van der Waals surface area contributed by atoms with Crippen LogP contribution in [0.5, 0.6) is 5.75 Å². The van der Waals surface area contributed by atoms with Crippen LogP contribution in [0.2, 0.25) is 0 Å². The monoisotopic (exact) mass is 324 g/mol. The van der Waals surface area contributed by atoms with Gasteiger partial charge in [0.05, 0.1) is 5.54 Å². The largest absolute Gasteiger partial charge is 0.489 e. The van der Waals surface area contributed by atoms with Crippen LogP contribution in [-0.2, 0) is 6.61 Å². The van der Waals surface area contributed by atoms with Crippen LogP contribution in [0.15, 0.2) is 54.6 Å². The summed E-state index contributed by atoms with van der Waals surface area (Å²) in [6, 6.07) is 17.2. The van der Waals surface area contributed by atoms with E-state index in [1.54, 1.807) is 0 Å². The highest BCUT2D eigenvalue weighted by atomic mass is 16.5. The van der Waals surface area contributed by atoms with Crippen LogP contribution in [0.1, 0.15) is 35.7 Å². The molecule has 3 rings (SSSR count). The third-order valence-electron chi connectivity index (χ3n) is 4.67. The van der Waals surface area contributed by atoms with Gasteiger partial charge in [-0.2, -0.15) is 0 Å². The Morgan fingerprint density at radius 3 is 2.42 bits per heavy atom. The van der Waals surface area contributed by atoms with E-state index >= 15 is 0 Å². The molecular formula is C20H24N2O2. The van der Waals surface area contributed by atoms with E-state index in [1.807, 2.05) is 61.5 Å². The van der Waals surface area contributed by atoms with Crippen molar-refractivity contribution in [1.82, 2.24) is 5.32 Å². The summed E-state index contributed by atoms with van der Waals surface area (Å²) in [5, 5.41) is 3.10. The lowest BCUT2D eigenvalue weighted by molar-refractivity contribution is 0.0898. The van der Waals surface area contributed by atoms with Gasteiger partial charge in [-0.1, -0.05) is 30.3 Å². The first-order chi connectivity index (χ1) is 11.6. The molecule has 4 nitrogen and oxygen atoms in total. The summed E-state index contributed by atoms with van der Waals surface area (Å²) in [6.07, 6.45) is 2.29. The minimum atomic E-state index is -0.299. The molecule has 0 heterocycles. The Morgan fingerprint density at radius 1 is 1.17 bits per heavy atom. The first-order valence-corrected chi connectivity index (χ1v) is 8.40. The van der Waals surface area contributed by atoms with Gasteiger partial charge in [0.25, 0.3) is 5.91 Å². The number of nitrogens with one attached hydrogen (secondary N) is 1. The van der Waals surface area contributed by atoms with E-state index in [9.17, 15) is 4.79 Å². The van der Waals surface area contributed by atoms with Crippen molar-refractivity contribution >= 4 is 5.91 Å². The first kappa shape index (κ1) is 16.5. The SMILES string of the molecule is CC(CN)(NC(=O)c1ccc(COc2ccccc2)cc1)C1CC1. The average molecular weight is 324 g/mol. The predicted octanol–water partition coefficient (Wildman–Crippen LogP) is 3.12. The number of rotatable bonds is 7. The van der Waals surface area contributed by atoms with E-state index in [0.29, 0.717) is 24.6 Å². The Kier molecular flexibility index (Phi) is 4.86. The third-order valence-corrected chi connectivity index (χ3v) is 4.67. The fraction of sp³-hybridized carbons (Fsp3) is 0.350. The molecule has 1 amide bonds. The number of nitrogens with two attached hydrogens (primary N) is 1. The number of carbonyl (C=O) groups excluding carboxylic acids is 1. The Labute approximate surface area is 143 Å². The summed E-state index contributed by atoms with van der Waals surface area (Å²) < 4.78 is 5.71. The molecule has 0 bridgehead atoms. The number of hydrogen-bond donors (Lipinski definition) is 2. The highest BCUT2D eigenvalue weighted by molar-refractivity contribution is 5.94. The molecule has 2 aromatic carbocycles. The second kappa shape index (κ2) is 7.05. The van der Waals surface area contributed by atoms with Crippen LogP contribution >= 0.6 is 0 Å². The maximum Gasteiger partial charge on any atom is 0.251 e. The molecule has 126 valence electrons. The molecule has 3 N–H and O–H groups in total. The van der Waals surface area contributed by atoms with E-state index in [1.165, 1.54) is 0 Å². The number of hydrogen-bond acceptors (Lipinski definition) is 3. The summed E-state index contributed by atoms with van der Waals surface area (Å²) in [5.41, 5.74) is 7.24. The third kappa shape index (κ3) is 3.95. The minimum Gasteiger partial charge on any atom is -0.489 e. The summed E-state index contributed by atoms with van der Waals surface area (Å²) in [5.74, 6) is 1.28. The standard InChI is InChI=1S/C20H24N2O2/c1-20(14-21,17-11-12-17)22-19(23)16-9-7-15(8-10-16)13-24-18-5-3-2-4-6-18/h2-10,17H,11-14,21H2,1H3,(H,22,23). The van der Waals surface area contributed by atoms with E-state index < -0.39 is 0 Å². The highest BCUT2D eigenvalue weighted by Crippen LogP contribution is 2.39. The second-order valence-electron chi connectivity index (χ2n) is 6.65. The molecular weight excluding hydrogens is 300 g/mol. The van der Waals surface area contributed by atoms with Gasteiger partial charge in [-0.25, -0.2) is 0 Å². The number of carbonyl (C=O) groups is 1. The molecule has 2 aromatic rings. The Hall–Kier alpha value is -2.33. The maximum absolute atomic E-state index is 12.4. The molecule has 1 aliphatic rings. The zero-order chi connectivity index (χ0) is 17.0. The van der Waals surface area contributed by atoms with Crippen molar-refractivity contribution in [3.8, 4) is 5.75 Å². The van der Waals surface area contributed by atoms with Gasteiger partial charge in [-0.3, -0.25) is 4.79 Å². The Bertz CT molecular complexity index is 681. The van der Waals surface area contributed by atoms with Gasteiger partial charge in [0, 0.05) is 12.1 Å². The Morgan fingerprint density at radius 2 is 1.83 bits per heavy atom. The zero-order valence-electron chi connectivity index (χ0n) is 14.0. The smallest absolute Gasteiger partial charge is 0.251 e. The van der Waals surface area contributed by atoms with E-state index in [2.05, 4.69) is 5.32 Å². The van der Waals surface area contributed by atoms with Gasteiger partial charge < -0.3 is 15.8 Å². The second-order valence-corrected chi connectivity index (χ2v) is 6.65. The Balaban J connectivity index is 1.58. The molecule has 0 radical (unpaired) electrons. The molecule has 0 aromatic heterocycles. The molecule has 4 heteroatoms. The van der Waals surface area contributed by atoms with Gasteiger partial charge in [-0.15, -0.1) is 0 Å². The zero-order valence-corrected chi connectivity index (χ0v) is 14.0. The van der Waals surface area contributed by atoms with Crippen LogP contribution in [0.25, 0.3) is 0 Å². The highest BCUT2D eigenvalue weighted by Gasteiger charge is 2.41. The summed E-state index contributed by atoms with van der Waals surface area (Å²) in [6.45, 7) is 2.98. The summed E-state index contributed by atoms with van der Waals surface area (Å²) >= 11 is 0. The fourth-order valence-electron chi connectivity index (χ4n) is 2.81. The van der Waals surface area contributed by atoms with Crippen LogP contribution in [0, 0.1) is 5.92 Å². The molecule has 0 saturated heterocycles. The first-order valence-electron chi connectivity index (χ1n) is 8.40. The van der Waals surface area contributed by atoms with Crippen molar-refractivity contribution in [2.24, 2.45) is 11.7 Å². The molecule has 1 unspecified atom stereocenters.